The SMILES string of the molecule is COc1ccc(CCC(=O)NCCOc2ccc3nnc(-c4cccc(OC)c4)n3n2)cc1. The van der Waals surface area contributed by atoms with Gasteiger partial charge in [-0.25, -0.2) is 0 Å². The maximum Gasteiger partial charge on any atom is 0.231 e. The number of aryl methyl sites for hydroxylation is 1. The number of aromatic nitrogens is 4. The van der Waals surface area contributed by atoms with Crippen LogP contribution in [0.15, 0.2) is 60.7 Å². The van der Waals surface area contributed by atoms with E-state index in [1.807, 2.05) is 48.5 Å². The predicted octanol–water partition coefficient (Wildman–Crippen LogP) is 2.94. The standard InChI is InChI=1S/C24H25N5O4/c1-31-19-9-6-17(7-10-19)8-12-22(30)25-14-15-33-23-13-11-21-26-27-24(29(21)28-23)18-4-3-5-20(16-18)32-2/h3-7,9-11,13,16H,8,12,14-15H2,1-2H3,(H,25,30). The number of hydrogen-bond acceptors (Lipinski definition) is 7. The molecular formula is C24H25N5O4. The van der Waals surface area contributed by atoms with Crippen molar-refractivity contribution in [3.63, 3.8) is 0 Å². The Labute approximate surface area is 191 Å². The van der Waals surface area contributed by atoms with Crippen LogP contribution in [0, 0.1) is 0 Å². The highest BCUT2D eigenvalue weighted by molar-refractivity contribution is 5.76. The van der Waals surface area contributed by atoms with E-state index in [9.17, 15) is 4.79 Å². The summed E-state index contributed by atoms with van der Waals surface area (Å²) in [5.74, 6) is 2.49. The molecule has 0 saturated heterocycles. The second-order valence-electron chi connectivity index (χ2n) is 7.24. The average Bonchev–Trinajstić information content (AvgIpc) is 3.29. The summed E-state index contributed by atoms with van der Waals surface area (Å²) in [6.45, 7) is 0.676. The Hall–Kier alpha value is -4.14. The van der Waals surface area contributed by atoms with E-state index in [0.717, 1.165) is 22.6 Å². The number of hydrogen-bond donors (Lipinski definition) is 1. The maximum absolute atomic E-state index is 12.1. The van der Waals surface area contributed by atoms with Gasteiger partial charge in [-0.15, -0.1) is 15.3 Å². The van der Waals surface area contributed by atoms with Crippen LogP contribution >= 0.6 is 0 Å². The predicted molar refractivity (Wildman–Crippen MR) is 123 cm³/mol. The van der Waals surface area contributed by atoms with Crippen molar-refractivity contribution < 1.29 is 19.0 Å². The molecule has 2 heterocycles. The Morgan fingerprint density at radius 3 is 2.58 bits per heavy atom. The van der Waals surface area contributed by atoms with Crippen LogP contribution in [-0.4, -0.2) is 53.1 Å². The van der Waals surface area contributed by atoms with E-state index in [4.69, 9.17) is 14.2 Å². The molecule has 1 N–H and O–H groups in total. The minimum absolute atomic E-state index is 0.0306. The normalized spacial score (nSPS) is 10.7. The summed E-state index contributed by atoms with van der Waals surface area (Å²) in [6, 6.07) is 18.7. The van der Waals surface area contributed by atoms with Crippen molar-refractivity contribution in [1.82, 2.24) is 25.1 Å². The molecule has 1 amide bonds. The maximum atomic E-state index is 12.1. The van der Waals surface area contributed by atoms with Crippen molar-refractivity contribution in [2.24, 2.45) is 0 Å². The molecule has 2 aromatic carbocycles. The van der Waals surface area contributed by atoms with E-state index in [1.165, 1.54) is 0 Å². The third-order valence-corrected chi connectivity index (χ3v) is 5.04. The molecule has 0 aliphatic heterocycles. The largest absolute Gasteiger partial charge is 0.497 e. The summed E-state index contributed by atoms with van der Waals surface area (Å²) in [5.41, 5.74) is 2.52. The van der Waals surface area contributed by atoms with Crippen LogP contribution in [0.4, 0.5) is 0 Å². The zero-order valence-electron chi connectivity index (χ0n) is 18.5. The second kappa shape index (κ2) is 10.4. The summed E-state index contributed by atoms with van der Waals surface area (Å²) < 4.78 is 17.8. The molecule has 0 aliphatic rings. The van der Waals surface area contributed by atoms with E-state index in [1.54, 1.807) is 30.9 Å². The van der Waals surface area contributed by atoms with Crippen LogP contribution in [0.5, 0.6) is 17.4 Å². The van der Waals surface area contributed by atoms with Crippen LogP contribution < -0.4 is 19.5 Å². The number of benzene rings is 2. The zero-order chi connectivity index (χ0) is 23.0. The molecule has 0 fully saturated rings. The van der Waals surface area contributed by atoms with Gasteiger partial charge in [0.15, 0.2) is 11.5 Å². The fraction of sp³-hybridized carbons (Fsp3) is 0.250. The highest BCUT2D eigenvalue weighted by atomic mass is 16.5. The first-order chi connectivity index (χ1) is 16.2. The molecule has 0 saturated carbocycles. The Morgan fingerprint density at radius 1 is 0.970 bits per heavy atom. The number of ether oxygens (including phenoxy) is 3. The number of carbonyl (C=O) groups excluding carboxylic acids is 1. The van der Waals surface area contributed by atoms with Crippen molar-refractivity contribution in [2.75, 3.05) is 27.4 Å². The van der Waals surface area contributed by atoms with E-state index in [2.05, 4.69) is 20.6 Å². The van der Waals surface area contributed by atoms with Gasteiger partial charge in [0.05, 0.1) is 20.8 Å². The molecule has 4 rings (SSSR count). The molecule has 9 nitrogen and oxygen atoms in total. The third kappa shape index (κ3) is 5.57. The van der Waals surface area contributed by atoms with Crippen LogP contribution in [0.2, 0.25) is 0 Å². The number of amides is 1. The topological polar surface area (TPSA) is 99.9 Å². The molecule has 0 atom stereocenters. The zero-order valence-corrected chi connectivity index (χ0v) is 18.5. The van der Waals surface area contributed by atoms with Gasteiger partial charge in [0, 0.05) is 18.1 Å². The Morgan fingerprint density at radius 2 is 1.79 bits per heavy atom. The molecule has 0 aliphatic carbocycles. The Kier molecular flexibility index (Phi) is 6.99. The summed E-state index contributed by atoms with van der Waals surface area (Å²) >= 11 is 0. The van der Waals surface area contributed by atoms with Gasteiger partial charge < -0.3 is 19.5 Å². The fourth-order valence-electron chi connectivity index (χ4n) is 3.28. The van der Waals surface area contributed by atoms with E-state index < -0.39 is 0 Å². The minimum atomic E-state index is -0.0306. The summed E-state index contributed by atoms with van der Waals surface area (Å²) in [5, 5.41) is 15.7. The molecule has 2 aromatic heterocycles. The van der Waals surface area contributed by atoms with E-state index in [-0.39, 0.29) is 5.91 Å². The lowest BCUT2D eigenvalue weighted by Gasteiger charge is -2.08. The van der Waals surface area contributed by atoms with Gasteiger partial charge in [-0.1, -0.05) is 24.3 Å². The fourth-order valence-corrected chi connectivity index (χ4v) is 3.28. The van der Waals surface area contributed by atoms with Crippen molar-refractivity contribution in [3.05, 3.63) is 66.2 Å². The molecule has 170 valence electrons. The third-order valence-electron chi connectivity index (χ3n) is 5.04. The van der Waals surface area contributed by atoms with Gasteiger partial charge >= 0.3 is 0 Å². The van der Waals surface area contributed by atoms with E-state index >= 15 is 0 Å². The number of carbonyl (C=O) groups is 1. The van der Waals surface area contributed by atoms with Crippen LogP contribution in [0.3, 0.4) is 0 Å². The molecule has 0 radical (unpaired) electrons. The summed E-state index contributed by atoms with van der Waals surface area (Å²) in [7, 11) is 3.24. The van der Waals surface area contributed by atoms with Gasteiger partial charge in [0.2, 0.25) is 11.8 Å². The molecule has 0 spiro atoms. The molecule has 33 heavy (non-hydrogen) atoms. The molecule has 0 bridgehead atoms. The number of nitrogens with zero attached hydrogens (tertiary/aromatic N) is 4. The summed E-state index contributed by atoms with van der Waals surface area (Å²) in [4.78, 5) is 12.1. The van der Waals surface area contributed by atoms with Crippen molar-refractivity contribution in [3.8, 4) is 28.8 Å². The minimum Gasteiger partial charge on any atom is -0.497 e. The highest BCUT2D eigenvalue weighted by Gasteiger charge is 2.11. The molecular weight excluding hydrogens is 422 g/mol. The Balaban J connectivity index is 1.29. The van der Waals surface area contributed by atoms with Crippen LogP contribution in [0.1, 0.15) is 12.0 Å². The van der Waals surface area contributed by atoms with Crippen molar-refractivity contribution in [2.45, 2.75) is 12.8 Å². The quantitative estimate of drug-likeness (QED) is 0.373. The first-order valence-electron chi connectivity index (χ1n) is 10.6. The molecule has 4 aromatic rings. The smallest absolute Gasteiger partial charge is 0.231 e. The number of methoxy groups -OCH3 is 2. The number of fused-ring (bicyclic) bond motifs is 1. The van der Waals surface area contributed by atoms with Gasteiger partial charge in [-0.3, -0.25) is 4.79 Å². The van der Waals surface area contributed by atoms with E-state index in [0.29, 0.717) is 43.3 Å². The van der Waals surface area contributed by atoms with Gasteiger partial charge in [-0.2, -0.15) is 4.52 Å². The lowest BCUT2D eigenvalue weighted by molar-refractivity contribution is -0.121. The monoisotopic (exact) mass is 447 g/mol. The van der Waals surface area contributed by atoms with Gasteiger partial charge in [-0.05, 0) is 42.3 Å². The molecule has 0 unspecified atom stereocenters. The second-order valence-corrected chi connectivity index (χ2v) is 7.24. The number of rotatable bonds is 10. The highest BCUT2D eigenvalue weighted by Crippen LogP contribution is 2.23. The Bertz CT molecular complexity index is 1220. The van der Waals surface area contributed by atoms with Crippen molar-refractivity contribution in [1.29, 1.82) is 0 Å². The average molecular weight is 447 g/mol. The van der Waals surface area contributed by atoms with Crippen LogP contribution in [-0.2, 0) is 11.2 Å². The lowest BCUT2D eigenvalue weighted by Crippen LogP contribution is -2.28. The summed E-state index contributed by atoms with van der Waals surface area (Å²) in [6.07, 6.45) is 1.07. The molecule has 9 heteroatoms. The van der Waals surface area contributed by atoms with Gasteiger partial charge in [0.25, 0.3) is 0 Å². The van der Waals surface area contributed by atoms with Crippen molar-refractivity contribution >= 4 is 11.6 Å². The van der Waals surface area contributed by atoms with Gasteiger partial charge in [0.1, 0.15) is 18.1 Å². The lowest BCUT2D eigenvalue weighted by atomic mass is 10.1. The first kappa shape index (κ1) is 22.1. The first-order valence-corrected chi connectivity index (χ1v) is 10.6. The number of nitrogens with one attached hydrogen (secondary N) is 1. The van der Waals surface area contributed by atoms with Crippen LogP contribution in [0.25, 0.3) is 17.0 Å².